The number of rotatable bonds is 4. The van der Waals surface area contributed by atoms with E-state index in [1.165, 1.54) is 0 Å². The van der Waals surface area contributed by atoms with E-state index in [4.69, 9.17) is 16.2 Å². The van der Waals surface area contributed by atoms with E-state index in [9.17, 15) is 0 Å². The summed E-state index contributed by atoms with van der Waals surface area (Å²) < 4.78 is 5.50. The van der Waals surface area contributed by atoms with Gasteiger partial charge in [0, 0.05) is 11.6 Å². The highest BCUT2D eigenvalue weighted by Gasteiger charge is 2.44. The molecule has 88 valence electrons. The van der Waals surface area contributed by atoms with Crippen molar-refractivity contribution in [1.29, 1.82) is 0 Å². The molecule has 0 radical (unpaired) electrons. The molecule has 0 bridgehead atoms. The molecule has 0 amide bonds. The fraction of sp³-hybridized carbons (Fsp3) is 0.538. The van der Waals surface area contributed by atoms with Crippen LogP contribution in [0.4, 0.5) is 0 Å². The molecule has 1 aromatic rings. The fourth-order valence-corrected chi connectivity index (χ4v) is 1.97. The molecule has 0 saturated heterocycles. The average molecular weight is 220 g/mol. The summed E-state index contributed by atoms with van der Waals surface area (Å²) in [6.07, 6.45) is 2.06. The van der Waals surface area contributed by atoms with Gasteiger partial charge in [-0.15, -0.1) is 0 Å². The summed E-state index contributed by atoms with van der Waals surface area (Å²) in [5, 5.41) is 0. The molecular formula is C13H20N2O. The molecule has 1 aromatic carbocycles. The smallest absolute Gasteiger partial charge is 0.122 e. The van der Waals surface area contributed by atoms with Gasteiger partial charge in [-0.3, -0.25) is 0 Å². The number of aryl methyl sites for hydroxylation is 1. The predicted molar refractivity (Wildman–Crippen MR) is 65.4 cm³/mol. The first-order valence-electron chi connectivity index (χ1n) is 5.84. The number of nitrogens with two attached hydrogens (primary N) is 2. The number of hydrogen-bond acceptors (Lipinski definition) is 3. The first kappa shape index (κ1) is 11.4. The summed E-state index contributed by atoms with van der Waals surface area (Å²) in [7, 11) is 0. The summed E-state index contributed by atoms with van der Waals surface area (Å²) in [5.41, 5.74) is 14.3. The lowest BCUT2D eigenvalue weighted by atomic mass is 9.97. The van der Waals surface area contributed by atoms with Gasteiger partial charge in [0.05, 0.1) is 6.61 Å². The van der Waals surface area contributed by atoms with Crippen LogP contribution in [0.5, 0.6) is 5.75 Å². The Hall–Kier alpha value is -1.06. The summed E-state index contributed by atoms with van der Waals surface area (Å²) in [4.78, 5) is 0. The number of hydrogen-bond donors (Lipinski definition) is 2. The summed E-state index contributed by atoms with van der Waals surface area (Å²) in [6, 6.07) is 6.04. The van der Waals surface area contributed by atoms with E-state index >= 15 is 0 Å². The van der Waals surface area contributed by atoms with Gasteiger partial charge in [0.2, 0.25) is 0 Å². The van der Waals surface area contributed by atoms with Gasteiger partial charge in [0.15, 0.2) is 0 Å². The molecule has 3 nitrogen and oxygen atoms in total. The van der Waals surface area contributed by atoms with E-state index in [-0.39, 0.29) is 11.6 Å². The van der Waals surface area contributed by atoms with Crippen molar-refractivity contribution < 1.29 is 4.74 Å². The van der Waals surface area contributed by atoms with Gasteiger partial charge < -0.3 is 16.2 Å². The molecule has 2 rings (SSSR count). The van der Waals surface area contributed by atoms with Crippen molar-refractivity contribution in [2.45, 2.75) is 38.3 Å². The first-order chi connectivity index (χ1) is 7.57. The van der Waals surface area contributed by atoms with Crippen LogP contribution in [0.15, 0.2) is 18.2 Å². The van der Waals surface area contributed by atoms with Gasteiger partial charge in [-0.05, 0) is 43.9 Å². The monoisotopic (exact) mass is 220 g/mol. The van der Waals surface area contributed by atoms with Crippen molar-refractivity contribution in [2.24, 2.45) is 11.5 Å². The van der Waals surface area contributed by atoms with E-state index in [0.717, 1.165) is 29.7 Å². The predicted octanol–water partition coefficient (Wildman–Crippen LogP) is 1.88. The molecule has 0 spiro atoms. The molecule has 3 heteroatoms. The van der Waals surface area contributed by atoms with E-state index in [1.807, 2.05) is 26.0 Å². The lowest BCUT2D eigenvalue weighted by molar-refractivity contribution is 0.337. The second kappa shape index (κ2) is 4.07. The summed E-state index contributed by atoms with van der Waals surface area (Å²) >= 11 is 0. The van der Waals surface area contributed by atoms with Gasteiger partial charge in [-0.1, -0.05) is 12.1 Å². The minimum absolute atomic E-state index is 0.0538. The van der Waals surface area contributed by atoms with Crippen molar-refractivity contribution in [2.75, 3.05) is 6.61 Å². The quantitative estimate of drug-likeness (QED) is 0.814. The summed E-state index contributed by atoms with van der Waals surface area (Å²) in [6.45, 7) is 4.71. The Labute approximate surface area is 96.8 Å². The highest BCUT2D eigenvalue weighted by molar-refractivity contribution is 5.39. The van der Waals surface area contributed by atoms with Crippen LogP contribution in [-0.2, 0) is 0 Å². The van der Waals surface area contributed by atoms with Crippen molar-refractivity contribution in [3.05, 3.63) is 29.3 Å². The van der Waals surface area contributed by atoms with Crippen LogP contribution in [0.2, 0.25) is 0 Å². The largest absolute Gasteiger partial charge is 0.494 e. The van der Waals surface area contributed by atoms with Crippen LogP contribution in [0, 0.1) is 6.92 Å². The Morgan fingerprint density at radius 1 is 1.44 bits per heavy atom. The van der Waals surface area contributed by atoms with E-state index in [0.29, 0.717) is 6.61 Å². The fourth-order valence-electron chi connectivity index (χ4n) is 1.97. The van der Waals surface area contributed by atoms with Crippen LogP contribution >= 0.6 is 0 Å². The van der Waals surface area contributed by atoms with Crippen molar-refractivity contribution in [3.63, 3.8) is 0 Å². The van der Waals surface area contributed by atoms with Gasteiger partial charge in [-0.25, -0.2) is 0 Å². The molecule has 1 aliphatic carbocycles. The van der Waals surface area contributed by atoms with Crippen LogP contribution in [0.3, 0.4) is 0 Å². The van der Waals surface area contributed by atoms with Crippen LogP contribution in [-0.4, -0.2) is 12.1 Å². The lowest BCUT2D eigenvalue weighted by Gasteiger charge is -2.20. The third-order valence-corrected chi connectivity index (χ3v) is 3.30. The lowest BCUT2D eigenvalue weighted by Crippen LogP contribution is -2.36. The van der Waals surface area contributed by atoms with Crippen molar-refractivity contribution in [3.8, 4) is 5.75 Å². The Bertz CT molecular complexity index is 386. The minimum atomic E-state index is -0.167. The zero-order valence-electron chi connectivity index (χ0n) is 9.99. The molecule has 0 heterocycles. The highest BCUT2D eigenvalue weighted by atomic mass is 16.5. The SMILES string of the molecule is CCOc1ccc(C(N)C2(N)CC2)cc1C. The van der Waals surface area contributed by atoms with Crippen molar-refractivity contribution >= 4 is 0 Å². The third kappa shape index (κ3) is 2.06. The Balaban J connectivity index is 2.20. The standard InChI is InChI=1S/C13H20N2O/c1-3-16-11-5-4-10(8-9(11)2)12(14)13(15)6-7-13/h4-5,8,12H,3,6-7,14-15H2,1-2H3. The van der Waals surface area contributed by atoms with Gasteiger partial charge in [-0.2, -0.15) is 0 Å². The van der Waals surface area contributed by atoms with Crippen LogP contribution < -0.4 is 16.2 Å². The van der Waals surface area contributed by atoms with Crippen LogP contribution in [0.25, 0.3) is 0 Å². The number of ether oxygens (including phenoxy) is 1. The average Bonchev–Trinajstić information content (AvgIpc) is 3.00. The maximum absolute atomic E-state index is 6.16. The zero-order chi connectivity index (χ0) is 11.8. The molecular weight excluding hydrogens is 200 g/mol. The van der Waals surface area contributed by atoms with Crippen molar-refractivity contribution in [1.82, 2.24) is 0 Å². The highest BCUT2D eigenvalue weighted by Crippen LogP contribution is 2.42. The molecule has 16 heavy (non-hydrogen) atoms. The minimum Gasteiger partial charge on any atom is -0.494 e. The molecule has 1 unspecified atom stereocenters. The van der Waals surface area contributed by atoms with Crippen LogP contribution in [0.1, 0.15) is 36.9 Å². The maximum Gasteiger partial charge on any atom is 0.122 e. The topological polar surface area (TPSA) is 61.3 Å². The maximum atomic E-state index is 6.16. The molecule has 1 aliphatic rings. The third-order valence-electron chi connectivity index (χ3n) is 3.30. The van der Waals surface area contributed by atoms with E-state index in [1.54, 1.807) is 0 Å². The molecule has 0 aromatic heterocycles. The van der Waals surface area contributed by atoms with Gasteiger partial charge in [0.1, 0.15) is 5.75 Å². The number of benzene rings is 1. The second-order valence-electron chi connectivity index (χ2n) is 4.67. The molecule has 0 aliphatic heterocycles. The van der Waals surface area contributed by atoms with Gasteiger partial charge >= 0.3 is 0 Å². The van der Waals surface area contributed by atoms with Gasteiger partial charge in [0.25, 0.3) is 0 Å². The first-order valence-corrected chi connectivity index (χ1v) is 5.84. The Kier molecular flexibility index (Phi) is 2.91. The Morgan fingerprint density at radius 2 is 2.12 bits per heavy atom. The Morgan fingerprint density at radius 3 is 2.62 bits per heavy atom. The molecule has 4 N–H and O–H groups in total. The molecule has 1 atom stereocenters. The molecule has 1 saturated carbocycles. The molecule has 1 fully saturated rings. The normalized spacial score (nSPS) is 19.2. The van der Waals surface area contributed by atoms with E-state index in [2.05, 4.69) is 6.07 Å². The van der Waals surface area contributed by atoms with E-state index < -0.39 is 0 Å². The summed E-state index contributed by atoms with van der Waals surface area (Å²) in [5.74, 6) is 0.931. The zero-order valence-corrected chi connectivity index (χ0v) is 9.99. The second-order valence-corrected chi connectivity index (χ2v) is 4.67.